The van der Waals surface area contributed by atoms with Crippen molar-refractivity contribution in [3.05, 3.63) is 41.2 Å². The third-order valence-corrected chi connectivity index (χ3v) is 5.67. The first kappa shape index (κ1) is 22.7. The monoisotopic (exact) mass is 518 g/mol. The van der Waals surface area contributed by atoms with E-state index in [1.165, 1.54) is 0 Å². The van der Waals surface area contributed by atoms with Crippen LogP contribution in [0, 0.1) is 5.82 Å². The van der Waals surface area contributed by atoms with Gasteiger partial charge >= 0.3 is 0 Å². The summed E-state index contributed by atoms with van der Waals surface area (Å²) >= 11 is 1.65. The minimum atomic E-state index is -0.206. The van der Waals surface area contributed by atoms with E-state index in [1.54, 1.807) is 17.4 Å². The molecular formula is C19H28FIN6S. The highest BCUT2D eigenvalue weighted by Crippen LogP contribution is 2.21. The van der Waals surface area contributed by atoms with E-state index < -0.39 is 0 Å². The van der Waals surface area contributed by atoms with E-state index in [4.69, 9.17) is 5.73 Å². The van der Waals surface area contributed by atoms with Crippen molar-refractivity contribution < 1.29 is 4.39 Å². The molecule has 0 bridgehead atoms. The molecule has 2 heterocycles. The molecule has 1 aromatic heterocycles. The number of guanidine groups is 1. The van der Waals surface area contributed by atoms with Crippen molar-refractivity contribution in [2.75, 3.05) is 49.1 Å². The minimum Gasteiger partial charge on any atom is -0.370 e. The molecular weight excluding hydrogens is 490 g/mol. The first-order valence-corrected chi connectivity index (χ1v) is 10.2. The number of aliphatic imine (C=N–C) groups is 1. The average molecular weight is 518 g/mol. The predicted octanol–water partition coefficient (Wildman–Crippen LogP) is 3.38. The van der Waals surface area contributed by atoms with Crippen molar-refractivity contribution >= 4 is 52.1 Å². The Morgan fingerprint density at radius 2 is 1.96 bits per heavy atom. The predicted molar refractivity (Wildman–Crippen MR) is 127 cm³/mol. The zero-order valence-corrected chi connectivity index (χ0v) is 19.5. The van der Waals surface area contributed by atoms with Crippen molar-refractivity contribution in [3.63, 3.8) is 0 Å². The van der Waals surface area contributed by atoms with Gasteiger partial charge in [0.2, 0.25) is 0 Å². The number of piperazine rings is 1. The topological polar surface area (TPSA) is 61.0 Å². The van der Waals surface area contributed by atoms with Gasteiger partial charge in [-0.25, -0.2) is 14.4 Å². The molecule has 2 N–H and O–H groups in total. The number of rotatable bonds is 6. The maximum absolute atomic E-state index is 14.4. The lowest BCUT2D eigenvalue weighted by Crippen LogP contribution is -2.51. The van der Waals surface area contributed by atoms with Gasteiger partial charge in [-0.1, -0.05) is 6.07 Å². The van der Waals surface area contributed by atoms with Crippen LogP contribution >= 0.6 is 35.3 Å². The number of benzene rings is 1. The number of anilines is 2. The molecule has 2 aromatic rings. The first-order valence-electron chi connectivity index (χ1n) is 9.35. The van der Waals surface area contributed by atoms with Crippen LogP contribution in [0.4, 0.5) is 15.2 Å². The molecule has 0 radical (unpaired) electrons. The smallest absolute Gasteiger partial charge is 0.191 e. The third kappa shape index (κ3) is 5.47. The fourth-order valence-corrected chi connectivity index (χ4v) is 3.94. The van der Waals surface area contributed by atoms with Crippen molar-refractivity contribution in [1.82, 2.24) is 9.88 Å². The molecule has 0 atom stereocenters. The summed E-state index contributed by atoms with van der Waals surface area (Å²) in [4.78, 5) is 15.2. The van der Waals surface area contributed by atoms with Crippen LogP contribution in [-0.4, -0.2) is 55.1 Å². The van der Waals surface area contributed by atoms with Gasteiger partial charge in [-0.15, -0.1) is 35.3 Å². The van der Waals surface area contributed by atoms with Gasteiger partial charge in [0.25, 0.3) is 0 Å². The Bertz CT molecular complexity index is 758. The molecule has 28 heavy (non-hydrogen) atoms. The molecule has 0 unspecified atom stereocenters. The van der Waals surface area contributed by atoms with Crippen molar-refractivity contribution in [1.29, 1.82) is 0 Å². The average Bonchev–Trinajstić information content (AvgIpc) is 3.23. The fourth-order valence-electron chi connectivity index (χ4n) is 3.24. The Morgan fingerprint density at radius 3 is 2.54 bits per heavy atom. The van der Waals surface area contributed by atoms with Crippen LogP contribution in [-0.2, 0) is 6.54 Å². The van der Waals surface area contributed by atoms with Crippen LogP contribution in [0.25, 0.3) is 0 Å². The van der Waals surface area contributed by atoms with Gasteiger partial charge in [-0.2, -0.15) is 0 Å². The Balaban J connectivity index is 0.00000280. The van der Waals surface area contributed by atoms with Crippen LogP contribution < -0.4 is 15.5 Å². The van der Waals surface area contributed by atoms with Gasteiger partial charge in [0, 0.05) is 50.8 Å². The van der Waals surface area contributed by atoms with Gasteiger partial charge in [-0.3, -0.25) is 0 Å². The zero-order valence-electron chi connectivity index (χ0n) is 16.3. The summed E-state index contributed by atoms with van der Waals surface area (Å²) < 4.78 is 14.4. The largest absolute Gasteiger partial charge is 0.370 e. The highest BCUT2D eigenvalue weighted by molar-refractivity contribution is 14.0. The van der Waals surface area contributed by atoms with Gasteiger partial charge in [0.1, 0.15) is 5.82 Å². The summed E-state index contributed by atoms with van der Waals surface area (Å²) in [5.74, 6) is 0.309. The van der Waals surface area contributed by atoms with Crippen LogP contribution in [0.3, 0.4) is 0 Å². The van der Waals surface area contributed by atoms with Crippen LogP contribution in [0.15, 0.2) is 34.8 Å². The number of nitrogens with zero attached hydrogens (tertiary/aromatic N) is 5. The Kier molecular flexibility index (Phi) is 8.74. The van der Waals surface area contributed by atoms with Crippen molar-refractivity contribution in [2.24, 2.45) is 10.7 Å². The number of halogens is 2. The molecule has 0 amide bonds. The number of hydrogen-bond donors (Lipinski definition) is 1. The molecule has 0 aliphatic carbocycles. The van der Waals surface area contributed by atoms with Crippen molar-refractivity contribution in [3.8, 4) is 0 Å². The standard InChI is InChI=1S/C19H27FN6S.HI/c1-3-24(4-2)17-6-5-15(13-16(17)20)14-23-18(21)25-8-10-26(11-9-25)19-22-7-12-27-19;/h5-7,12-13H,3-4,8-11,14H2,1-2H3,(H2,21,23);1H. The van der Waals surface area contributed by atoms with Gasteiger partial charge in [0.15, 0.2) is 11.1 Å². The normalized spacial score (nSPS) is 14.8. The highest BCUT2D eigenvalue weighted by atomic mass is 127. The van der Waals surface area contributed by atoms with E-state index in [-0.39, 0.29) is 29.8 Å². The van der Waals surface area contributed by atoms with Crippen LogP contribution in [0.1, 0.15) is 19.4 Å². The zero-order chi connectivity index (χ0) is 19.2. The number of nitrogens with two attached hydrogens (primary N) is 1. The minimum absolute atomic E-state index is 0. The van der Waals surface area contributed by atoms with E-state index in [9.17, 15) is 4.39 Å². The molecule has 0 saturated carbocycles. The Hall–Kier alpha value is -1.62. The molecule has 6 nitrogen and oxygen atoms in total. The molecule has 1 saturated heterocycles. The lowest BCUT2D eigenvalue weighted by atomic mass is 10.2. The summed E-state index contributed by atoms with van der Waals surface area (Å²) in [6.07, 6.45) is 1.83. The molecule has 1 aliphatic rings. The van der Waals surface area contributed by atoms with Crippen molar-refractivity contribution in [2.45, 2.75) is 20.4 Å². The Morgan fingerprint density at radius 1 is 1.25 bits per heavy atom. The van der Waals surface area contributed by atoms with E-state index >= 15 is 0 Å². The van der Waals surface area contributed by atoms with Gasteiger partial charge < -0.3 is 20.4 Å². The summed E-state index contributed by atoms with van der Waals surface area (Å²) in [7, 11) is 0. The maximum Gasteiger partial charge on any atom is 0.191 e. The van der Waals surface area contributed by atoms with Gasteiger partial charge in [0.05, 0.1) is 12.2 Å². The molecule has 1 aliphatic heterocycles. The highest BCUT2D eigenvalue weighted by Gasteiger charge is 2.19. The number of aromatic nitrogens is 1. The maximum atomic E-state index is 14.4. The van der Waals surface area contributed by atoms with E-state index in [0.29, 0.717) is 18.2 Å². The first-order chi connectivity index (χ1) is 13.1. The lowest BCUT2D eigenvalue weighted by Gasteiger charge is -2.35. The van der Waals surface area contributed by atoms with E-state index in [1.807, 2.05) is 42.5 Å². The van der Waals surface area contributed by atoms with Gasteiger partial charge in [-0.05, 0) is 31.5 Å². The molecule has 0 spiro atoms. The lowest BCUT2D eigenvalue weighted by molar-refractivity contribution is 0.380. The second-order valence-electron chi connectivity index (χ2n) is 6.42. The summed E-state index contributed by atoms with van der Waals surface area (Å²) in [5, 5.41) is 3.04. The van der Waals surface area contributed by atoms with E-state index in [2.05, 4.69) is 19.8 Å². The molecule has 3 rings (SSSR count). The Labute approximate surface area is 187 Å². The SMILES string of the molecule is CCN(CC)c1ccc(CN=C(N)N2CCN(c3nccs3)CC2)cc1F.I. The second-order valence-corrected chi connectivity index (χ2v) is 7.29. The molecule has 9 heteroatoms. The fraction of sp³-hybridized carbons (Fsp3) is 0.474. The molecule has 1 fully saturated rings. The summed E-state index contributed by atoms with van der Waals surface area (Å²) in [5.41, 5.74) is 7.63. The van der Waals surface area contributed by atoms with Crippen LogP contribution in [0.5, 0.6) is 0 Å². The summed E-state index contributed by atoms with van der Waals surface area (Å²) in [6.45, 7) is 9.36. The number of hydrogen-bond acceptors (Lipinski definition) is 5. The molecule has 154 valence electrons. The quantitative estimate of drug-likeness (QED) is 0.361. The van der Waals surface area contributed by atoms with E-state index in [0.717, 1.165) is 50.0 Å². The molecule has 1 aromatic carbocycles. The second kappa shape index (κ2) is 10.8. The summed E-state index contributed by atoms with van der Waals surface area (Å²) in [6, 6.07) is 5.31. The third-order valence-electron chi connectivity index (χ3n) is 4.83. The van der Waals surface area contributed by atoms with Crippen LogP contribution in [0.2, 0.25) is 0 Å². The number of thiazole rings is 1.